The van der Waals surface area contributed by atoms with E-state index in [1.165, 1.54) is 6.07 Å². The molecule has 0 aliphatic rings. The number of carboxylic acid groups (broad SMARTS) is 2. The molecule has 2 aromatic carbocycles. The number of benzene rings is 2. The summed E-state index contributed by atoms with van der Waals surface area (Å²) in [5, 5.41) is 17.7. The van der Waals surface area contributed by atoms with Gasteiger partial charge in [0.15, 0.2) is 5.78 Å². The minimum Gasteiger partial charge on any atom is -0.478 e. The Bertz CT molecular complexity index is 900. The molecule has 5 nitrogen and oxygen atoms in total. The summed E-state index contributed by atoms with van der Waals surface area (Å²) in [6.45, 7) is 9.10. The van der Waals surface area contributed by atoms with E-state index in [1.54, 1.807) is 26.0 Å². The van der Waals surface area contributed by atoms with Crippen molar-refractivity contribution in [3.05, 3.63) is 66.8 Å². The maximum atomic E-state index is 11.5. The van der Waals surface area contributed by atoms with Crippen molar-refractivity contribution in [3.63, 3.8) is 0 Å². The molecule has 0 spiro atoms. The number of halogens is 1. The standard InChI is InChI=1S/C12H14O3.C9H9IO2.CH4/c1-4-11(13)9-6-10(12(14)15)8(3)5-7(9)2;1-5-3-6(2)8(10)4-7(5)9(11)12;/h5-6H,4H2,1-3H3,(H,14,15);3-4H,1-2H3,(H,11,12);1H4. The molecule has 0 unspecified atom stereocenters. The Morgan fingerprint density at radius 3 is 1.57 bits per heavy atom. The van der Waals surface area contributed by atoms with Gasteiger partial charge in [-0.3, -0.25) is 4.79 Å². The summed E-state index contributed by atoms with van der Waals surface area (Å²) in [6, 6.07) is 6.81. The van der Waals surface area contributed by atoms with Gasteiger partial charge in [-0.2, -0.15) is 0 Å². The van der Waals surface area contributed by atoms with E-state index < -0.39 is 11.9 Å². The molecule has 6 heteroatoms. The van der Waals surface area contributed by atoms with Crippen molar-refractivity contribution in [1.29, 1.82) is 0 Å². The first-order valence-electron chi connectivity index (χ1n) is 8.37. The number of hydrogen-bond acceptors (Lipinski definition) is 3. The number of hydrogen-bond donors (Lipinski definition) is 2. The Hall–Kier alpha value is -2.22. The number of rotatable bonds is 4. The number of Topliss-reactive ketones (excluding diaryl/α,β-unsaturated/α-hetero) is 1. The van der Waals surface area contributed by atoms with Gasteiger partial charge in [-0.05, 0) is 84.7 Å². The van der Waals surface area contributed by atoms with Crippen LogP contribution in [0.25, 0.3) is 0 Å². The highest BCUT2D eigenvalue weighted by Crippen LogP contribution is 2.18. The first-order valence-corrected chi connectivity index (χ1v) is 9.45. The molecular formula is C22H27IO5. The van der Waals surface area contributed by atoms with Crippen LogP contribution in [0, 0.1) is 31.3 Å². The van der Waals surface area contributed by atoms with E-state index in [0.29, 0.717) is 23.1 Å². The number of aryl methyl sites for hydroxylation is 4. The molecule has 2 rings (SSSR count). The maximum Gasteiger partial charge on any atom is 0.335 e. The van der Waals surface area contributed by atoms with E-state index in [-0.39, 0.29) is 18.8 Å². The summed E-state index contributed by atoms with van der Waals surface area (Å²) in [4.78, 5) is 33.1. The first kappa shape index (κ1) is 25.8. The van der Waals surface area contributed by atoms with Crippen LogP contribution in [-0.2, 0) is 0 Å². The summed E-state index contributed by atoms with van der Waals surface area (Å²) >= 11 is 2.14. The molecule has 0 aliphatic carbocycles. The van der Waals surface area contributed by atoms with Crippen molar-refractivity contribution < 1.29 is 24.6 Å². The van der Waals surface area contributed by atoms with Gasteiger partial charge in [-0.1, -0.05) is 26.5 Å². The minimum absolute atomic E-state index is 0. The van der Waals surface area contributed by atoms with Crippen LogP contribution >= 0.6 is 22.6 Å². The van der Waals surface area contributed by atoms with Gasteiger partial charge in [0.2, 0.25) is 0 Å². The zero-order chi connectivity index (χ0) is 20.9. The Morgan fingerprint density at radius 2 is 1.14 bits per heavy atom. The minimum atomic E-state index is -0.988. The van der Waals surface area contributed by atoms with E-state index in [0.717, 1.165) is 20.3 Å². The number of aromatic carboxylic acids is 2. The third-order valence-electron chi connectivity index (χ3n) is 4.16. The van der Waals surface area contributed by atoms with Crippen molar-refractivity contribution in [2.75, 3.05) is 0 Å². The largest absolute Gasteiger partial charge is 0.478 e. The second-order valence-electron chi connectivity index (χ2n) is 6.29. The van der Waals surface area contributed by atoms with E-state index >= 15 is 0 Å². The SMILES string of the molecule is C.CCC(=O)c1cc(C(=O)O)c(C)cc1C.Cc1cc(C)c(C(=O)O)cc1I. The molecule has 0 heterocycles. The van der Waals surface area contributed by atoms with Gasteiger partial charge in [0.1, 0.15) is 0 Å². The quantitative estimate of drug-likeness (QED) is 0.409. The molecule has 0 aliphatic heterocycles. The van der Waals surface area contributed by atoms with E-state index in [2.05, 4.69) is 22.6 Å². The van der Waals surface area contributed by atoms with Gasteiger partial charge in [0.25, 0.3) is 0 Å². The Kier molecular flexibility index (Phi) is 10.1. The molecule has 0 bridgehead atoms. The summed E-state index contributed by atoms with van der Waals surface area (Å²) in [7, 11) is 0. The molecular weight excluding hydrogens is 471 g/mol. The van der Waals surface area contributed by atoms with Crippen LogP contribution in [0.2, 0.25) is 0 Å². The van der Waals surface area contributed by atoms with Gasteiger partial charge in [0.05, 0.1) is 11.1 Å². The van der Waals surface area contributed by atoms with Crippen LogP contribution < -0.4 is 0 Å². The Morgan fingerprint density at radius 1 is 0.750 bits per heavy atom. The van der Waals surface area contributed by atoms with Gasteiger partial charge < -0.3 is 10.2 Å². The number of carbonyl (C=O) groups excluding carboxylic acids is 1. The molecule has 0 saturated carbocycles. The zero-order valence-corrected chi connectivity index (χ0v) is 18.2. The van der Waals surface area contributed by atoms with Crippen LogP contribution in [0.1, 0.15) is 74.1 Å². The lowest BCUT2D eigenvalue weighted by atomic mass is 9.96. The molecule has 2 N–H and O–H groups in total. The molecule has 0 aromatic heterocycles. The molecule has 0 amide bonds. The Balaban J connectivity index is 0.000000514. The number of carboxylic acids is 2. The maximum absolute atomic E-state index is 11.5. The topological polar surface area (TPSA) is 91.7 Å². The van der Waals surface area contributed by atoms with E-state index in [4.69, 9.17) is 10.2 Å². The lowest BCUT2D eigenvalue weighted by molar-refractivity contribution is 0.0685. The average Bonchev–Trinajstić information content (AvgIpc) is 2.57. The molecule has 0 radical (unpaired) electrons. The van der Waals surface area contributed by atoms with Crippen LogP contribution in [0.4, 0.5) is 0 Å². The predicted octanol–water partition coefficient (Wildman–Crippen LogP) is 5.84. The lowest BCUT2D eigenvalue weighted by Gasteiger charge is -2.07. The molecule has 0 fully saturated rings. The fourth-order valence-electron chi connectivity index (χ4n) is 2.63. The van der Waals surface area contributed by atoms with Crippen LogP contribution in [-0.4, -0.2) is 27.9 Å². The van der Waals surface area contributed by atoms with Gasteiger partial charge in [-0.15, -0.1) is 0 Å². The van der Waals surface area contributed by atoms with Crippen molar-refractivity contribution in [1.82, 2.24) is 0 Å². The Labute approximate surface area is 179 Å². The molecule has 0 saturated heterocycles. The second-order valence-corrected chi connectivity index (χ2v) is 7.45. The summed E-state index contributed by atoms with van der Waals surface area (Å²) in [5.41, 5.74) is 4.58. The average molecular weight is 498 g/mol. The van der Waals surface area contributed by atoms with E-state index in [1.807, 2.05) is 26.8 Å². The monoisotopic (exact) mass is 498 g/mol. The van der Waals surface area contributed by atoms with Gasteiger partial charge in [0, 0.05) is 15.6 Å². The second kappa shape index (κ2) is 10.9. The van der Waals surface area contributed by atoms with Crippen LogP contribution in [0.3, 0.4) is 0 Å². The van der Waals surface area contributed by atoms with Crippen LogP contribution in [0.5, 0.6) is 0 Å². The molecule has 28 heavy (non-hydrogen) atoms. The highest BCUT2D eigenvalue weighted by Gasteiger charge is 2.14. The summed E-state index contributed by atoms with van der Waals surface area (Å²) in [5.74, 6) is -1.86. The summed E-state index contributed by atoms with van der Waals surface area (Å²) < 4.78 is 0.996. The highest BCUT2D eigenvalue weighted by molar-refractivity contribution is 14.1. The third kappa shape index (κ3) is 6.44. The normalized spacial score (nSPS) is 9.64. The number of carbonyl (C=O) groups is 3. The fraction of sp³-hybridized carbons (Fsp3) is 0.318. The number of ketones is 1. The first-order chi connectivity index (χ1) is 12.5. The lowest BCUT2D eigenvalue weighted by Crippen LogP contribution is -2.06. The predicted molar refractivity (Wildman–Crippen MR) is 120 cm³/mol. The third-order valence-corrected chi connectivity index (χ3v) is 5.32. The van der Waals surface area contributed by atoms with Crippen LogP contribution in [0.15, 0.2) is 24.3 Å². The molecule has 2 aromatic rings. The van der Waals surface area contributed by atoms with Gasteiger partial charge in [-0.25, -0.2) is 9.59 Å². The molecule has 152 valence electrons. The van der Waals surface area contributed by atoms with E-state index in [9.17, 15) is 14.4 Å². The zero-order valence-electron chi connectivity index (χ0n) is 16.0. The molecule has 0 atom stereocenters. The summed E-state index contributed by atoms with van der Waals surface area (Å²) in [6.07, 6.45) is 0.392. The van der Waals surface area contributed by atoms with Crippen molar-refractivity contribution in [2.24, 2.45) is 0 Å². The smallest absolute Gasteiger partial charge is 0.335 e. The van der Waals surface area contributed by atoms with Gasteiger partial charge >= 0.3 is 11.9 Å². The fourth-order valence-corrected chi connectivity index (χ4v) is 3.10. The van der Waals surface area contributed by atoms with Crippen molar-refractivity contribution in [2.45, 2.75) is 48.5 Å². The van der Waals surface area contributed by atoms with Crippen molar-refractivity contribution >= 4 is 40.3 Å². The highest BCUT2D eigenvalue weighted by atomic mass is 127. The van der Waals surface area contributed by atoms with Crippen molar-refractivity contribution in [3.8, 4) is 0 Å².